The Hall–Kier alpha value is -0.580. The Morgan fingerprint density at radius 3 is 2.90 bits per heavy atom. The van der Waals surface area contributed by atoms with E-state index in [4.69, 9.17) is 16.3 Å². The van der Waals surface area contributed by atoms with Gasteiger partial charge in [0, 0.05) is 31.5 Å². The summed E-state index contributed by atoms with van der Waals surface area (Å²) in [5.74, 6) is 0.582. The van der Waals surface area contributed by atoms with Crippen LogP contribution in [-0.4, -0.2) is 35.6 Å². The average Bonchev–Trinajstić information content (AvgIpc) is 3.06. The minimum absolute atomic E-state index is 0.427. The normalized spacial score (nSPS) is 20.5. The second kappa shape index (κ2) is 7.43. The number of aromatic nitrogens is 2. The van der Waals surface area contributed by atoms with Crippen LogP contribution in [0.3, 0.4) is 0 Å². The van der Waals surface area contributed by atoms with Gasteiger partial charge in [0.25, 0.3) is 0 Å². The highest BCUT2D eigenvalue weighted by Crippen LogP contribution is 2.25. The Bertz CT molecular complexity index is 427. The number of nitrogens with zero attached hydrogens (tertiary/aromatic N) is 2. The van der Waals surface area contributed by atoms with Crippen molar-refractivity contribution in [2.75, 3.05) is 19.8 Å². The van der Waals surface area contributed by atoms with Crippen LogP contribution in [0.1, 0.15) is 38.1 Å². The molecule has 0 amide bonds. The van der Waals surface area contributed by atoms with E-state index in [2.05, 4.69) is 24.3 Å². The number of nitrogens with one attached hydrogen (secondary N) is 1. The first-order chi connectivity index (χ1) is 9.67. The number of rotatable bonds is 7. The van der Waals surface area contributed by atoms with Crippen LogP contribution in [0, 0.1) is 12.8 Å². The van der Waals surface area contributed by atoms with Gasteiger partial charge in [0.2, 0.25) is 0 Å². The molecule has 5 heteroatoms. The van der Waals surface area contributed by atoms with E-state index in [0.717, 1.165) is 62.0 Å². The lowest BCUT2D eigenvalue weighted by atomic mass is 9.94. The summed E-state index contributed by atoms with van der Waals surface area (Å²) >= 11 is 6.44. The number of hydrogen-bond donors (Lipinski definition) is 1. The molecule has 0 bridgehead atoms. The Morgan fingerprint density at radius 2 is 2.30 bits per heavy atom. The SMILES string of the molecule is CCCNC(Cc1c(Cl)c(C)nn1CC)C1CCOC1. The predicted molar refractivity (Wildman–Crippen MR) is 82.4 cm³/mol. The molecule has 0 aliphatic carbocycles. The average molecular weight is 300 g/mol. The van der Waals surface area contributed by atoms with E-state index in [-0.39, 0.29) is 0 Å². The highest BCUT2D eigenvalue weighted by atomic mass is 35.5. The number of ether oxygens (including phenoxy) is 1. The molecule has 1 N–H and O–H groups in total. The maximum atomic E-state index is 6.44. The Kier molecular flexibility index (Phi) is 5.87. The summed E-state index contributed by atoms with van der Waals surface area (Å²) in [5.41, 5.74) is 2.09. The molecule has 2 rings (SSSR count). The minimum Gasteiger partial charge on any atom is -0.381 e. The van der Waals surface area contributed by atoms with Crippen LogP contribution in [0.15, 0.2) is 0 Å². The van der Waals surface area contributed by atoms with Crippen molar-refractivity contribution in [2.24, 2.45) is 5.92 Å². The molecular formula is C15H26ClN3O. The zero-order chi connectivity index (χ0) is 14.5. The molecular weight excluding hydrogens is 274 g/mol. The molecule has 4 nitrogen and oxygen atoms in total. The largest absolute Gasteiger partial charge is 0.381 e. The van der Waals surface area contributed by atoms with Crippen molar-refractivity contribution >= 4 is 11.6 Å². The fourth-order valence-electron chi connectivity index (χ4n) is 2.88. The Balaban J connectivity index is 2.13. The van der Waals surface area contributed by atoms with Gasteiger partial charge >= 0.3 is 0 Å². The first kappa shape index (κ1) is 15.8. The first-order valence-electron chi connectivity index (χ1n) is 7.70. The lowest BCUT2D eigenvalue weighted by Gasteiger charge is -2.24. The molecule has 1 aliphatic rings. The summed E-state index contributed by atoms with van der Waals surface area (Å²) in [4.78, 5) is 0. The zero-order valence-electron chi connectivity index (χ0n) is 12.8. The fourth-order valence-corrected chi connectivity index (χ4v) is 3.09. The summed E-state index contributed by atoms with van der Waals surface area (Å²) in [6.45, 7) is 9.93. The van der Waals surface area contributed by atoms with Gasteiger partial charge < -0.3 is 10.1 Å². The predicted octanol–water partition coefficient (Wildman–Crippen LogP) is 2.81. The van der Waals surface area contributed by atoms with Crippen molar-refractivity contribution in [3.63, 3.8) is 0 Å². The minimum atomic E-state index is 0.427. The van der Waals surface area contributed by atoms with Gasteiger partial charge in [-0.2, -0.15) is 5.10 Å². The zero-order valence-corrected chi connectivity index (χ0v) is 13.5. The monoisotopic (exact) mass is 299 g/mol. The maximum absolute atomic E-state index is 6.44. The highest BCUT2D eigenvalue weighted by molar-refractivity contribution is 6.31. The van der Waals surface area contributed by atoms with Crippen LogP contribution >= 0.6 is 11.6 Å². The standard InChI is InChI=1S/C15H26ClN3O/c1-4-7-17-13(12-6-8-20-10-12)9-14-15(16)11(3)18-19(14)5-2/h12-13,17H,4-10H2,1-3H3. The maximum Gasteiger partial charge on any atom is 0.0847 e. The van der Waals surface area contributed by atoms with Crippen LogP contribution in [-0.2, 0) is 17.7 Å². The van der Waals surface area contributed by atoms with Gasteiger partial charge in [-0.3, -0.25) is 4.68 Å². The molecule has 1 aromatic heterocycles. The van der Waals surface area contributed by atoms with Gasteiger partial charge in [-0.05, 0) is 33.2 Å². The molecule has 2 atom stereocenters. The molecule has 0 spiro atoms. The van der Waals surface area contributed by atoms with Gasteiger partial charge in [-0.1, -0.05) is 18.5 Å². The van der Waals surface area contributed by atoms with E-state index < -0.39 is 0 Å². The molecule has 1 aliphatic heterocycles. The third-order valence-corrected chi connectivity index (χ3v) is 4.55. The summed E-state index contributed by atoms with van der Waals surface area (Å²) in [6, 6.07) is 0.427. The van der Waals surface area contributed by atoms with Gasteiger partial charge in [0.05, 0.1) is 23.0 Å². The van der Waals surface area contributed by atoms with Crippen molar-refractivity contribution in [1.82, 2.24) is 15.1 Å². The molecule has 1 fully saturated rings. The Morgan fingerprint density at radius 1 is 1.50 bits per heavy atom. The van der Waals surface area contributed by atoms with E-state index in [0.29, 0.717) is 12.0 Å². The Labute approximate surface area is 126 Å². The van der Waals surface area contributed by atoms with E-state index in [1.165, 1.54) is 0 Å². The van der Waals surface area contributed by atoms with Crippen LogP contribution in [0.5, 0.6) is 0 Å². The third kappa shape index (κ3) is 3.54. The molecule has 20 heavy (non-hydrogen) atoms. The molecule has 1 aromatic rings. The molecule has 1 saturated heterocycles. The van der Waals surface area contributed by atoms with Gasteiger partial charge in [-0.25, -0.2) is 0 Å². The van der Waals surface area contributed by atoms with Crippen molar-refractivity contribution < 1.29 is 4.74 Å². The van der Waals surface area contributed by atoms with Crippen LogP contribution in [0.4, 0.5) is 0 Å². The summed E-state index contributed by atoms with van der Waals surface area (Å²) in [5, 5.41) is 9.01. The molecule has 0 saturated carbocycles. The molecule has 0 radical (unpaired) electrons. The van der Waals surface area contributed by atoms with Crippen LogP contribution in [0.2, 0.25) is 5.02 Å². The van der Waals surface area contributed by atoms with Crippen LogP contribution in [0.25, 0.3) is 0 Å². The van der Waals surface area contributed by atoms with Gasteiger partial charge in [0.1, 0.15) is 0 Å². The van der Waals surface area contributed by atoms with Crippen molar-refractivity contribution in [3.8, 4) is 0 Å². The van der Waals surface area contributed by atoms with E-state index in [1.54, 1.807) is 0 Å². The molecule has 0 aromatic carbocycles. The number of hydrogen-bond acceptors (Lipinski definition) is 3. The number of aryl methyl sites for hydroxylation is 2. The number of halogens is 1. The second-order valence-corrected chi connectivity index (χ2v) is 5.93. The molecule has 2 heterocycles. The lowest BCUT2D eigenvalue weighted by Crippen LogP contribution is -2.39. The topological polar surface area (TPSA) is 39.1 Å². The molecule has 2 unspecified atom stereocenters. The first-order valence-corrected chi connectivity index (χ1v) is 8.08. The van der Waals surface area contributed by atoms with Crippen molar-refractivity contribution in [3.05, 3.63) is 16.4 Å². The van der Waals surface area contributed by atoms with E-state index in [1.807, 2.05) is 11.6 Å². The summed E-state index contributed by atoms with van der Waals surface area (Å²) < 4.78 is 7.59. The fraction of sp³-hybridized carbons (Fsp3) is 0.800. The lowest BCUT2D eigenvalue weighted by molar-refractivity contribution is 0.176. The summed E-state index contributed by atoms with van der Waals surface area (Å²) in [7, 11) is 0. The smallest absolute Gasteiger partial charge is 0.0847 e. The van der Waals surface area contributed by atoms with Crippen molar-refractivity contribution in [1.29, 1.82) is 0 Å². The van der Waals surface area contributed by atoms with E-state index in [9.17, 15) is 0 Å². The highest BCUT2D eigenvalue weighted by Gasteiger charge is 2.27. The van der Waals surface area contributed by atoms with Crippen molar-refractivity contribution in [2.45, 2.75) is 52.6 Å². The van der Waals surface area contributed by atoms with Crippen LogP contribution < -0.4 is 5.32 Å². The quantitative estimate of drug-likeness (QED) is 0.841. The molecule has 114 valence electrons. The third-order valence-electron chi connectivity index (χ3n) is 4.06. The van der Waals surface area contributed by atoms with Gasteiger partial charge in [0.15, 0.2) is 0 Å². The van der Waals surface area contributed by atoms with E-state index >= 15 is 0 Å². The summed E-state index contributed by atoms with van der Waals surface area (Å²) in [6.07, 6.45) is 3.21. The van der Waals surface area contributed by atoms with Gasteiger partial charge in [-0.15, -0.1) is 0 Å². The second-order valence-electron chi connectivity index (χ2n) is 5.55.